The van der Waals surface area contributed by atoms with E-state index in [2.05, 4.69) is 17.1 Å². The first-order valence-electron chi connectivity index (χ1n) is 8.41. The highest BCUT2D eigenvalue weighted by Crippen LogP contribution is 2.21. The van der Waals surface area contributed by atoms with Crippen molar-refractivity contribution in [3.05, 3.63) is 11.7 Å². The number of nitrogens with zero attached hydrogens (tertiary/aromatic N) is 2. The molecule has 0 radical (unpaired) electrons. The lowest BCUT2D eigenvalue weighted by atomic mass is 10.0. The van der Waals surface area contributed by atoms with E-state index < -0.39 is 6.08 Å². The van der Waals surface area contributed by atoms with Crippen LogP contribution in [-0.4, -0.2) is 54.6 Å². The summed E-state index contributed by atoms with van der Waals surface area (Å²) in [6.45, 7) is 6.20. The van der Waals surface area contributed by atoms with Gasteiger partial charge in [0.25, 0.3) is 6.08 Å². The Balaban J connectivity index is 1.69. The second kappa shape index (κ2) is 8.46. The monoisotopic (exact) mass is 315 g/mol. The highest BCUT2D eigenvalue weighted by Gasteiger charge is 2.25. The maximum atomic E-state index is 12.5. The molecular weight excluding hydrogens is 288 g/mol. The van der Waals surface area contributed by atoms with Crippen molar-refractivity contribution in [2.24, 2.45) is 0 Å². The zero-order chi connectivity index (χ0) is 15.9. The van der Waals surface area contributed by atoms with Gasteiger partial charge in [-0.2, -0.15) is 8.78 Å². The van der Waals surface area contributed by atoms with E-state index in [0.717, 1.165) is 32.5 Å². The molecule has 0 bridgehead atoms. The molecule has 2 amide bonds. The van der Waals surface area contributed by atoms with Crippen LogP contribution in [-0.2, 0) is 0 Å². The molecule has 126 valence electrons. The molecule has 0 aromatic rings. The molecule has 0 aliphatic carbocycles. The number of likely N-dealkylation sites (tertiary alicyclic amines) is 2. The topological polar surface area (TPSA) is 35.6 Å². The first-order valence-corrected chi connectivity index (χ1v) is 8.41. The molecule has 1 N–H and O–H groups in total. The highest BCUT2D eigenvalue weighted by atomic mass is 19.3. The van der Waals surface area contributed by atoms with Gasteiger partial charge in [0.2, 0.25) is 0 Å². The Hall–Kier alpha value is -1.17. The fraction of sp³-hybridized carbons (Fsp3) is 0.812. The van der Waals surface area contributed by atoms with Gasteiger partial charge < -0.3 is 15.1 Å². The molecule has 4 nitrogen and oxygen atoms in total. The number of unbranched alkanes of at least 4 members (excludes halogenated alkanes) is 1. The average Bonchev–Trinajstić information content (AvgIpc) is 2.54. The van der Waals surface area contributed by atoms with Crippen molar-refractivity contribution in [1.82, 2.24) is 15.1 Å². The van der Waals surface area contributed by atoms with Crippen LogP contribution in [0, 0.1) is 0 Å². The molecule has 2 saturated heterocycles. The van der Waals surface area contributed by atoms with E-state index >= 15 is 0 Å². The van der Waals surface area contributed by atoms with Crippen molar-refractivity contribution < 1.29 is 13.6 Å². The van der Waals surface area contributed by atoms with Crippen molar-refractivity contribution in [3.63, 3.8) is 0 Å². The molecule has 0 unspecified atom stereocenters. The minimum atomic E-state index is -1.57. The van der Waals surface area contributed by atoms with Crippen molar-refractivity contribution >= 4 is 6.03 Å². The van der Waals surface area contributed by atoms with Crippen LogP contribution >= 0.6 is 0 Å². The van der Waals surface area contributed by atoms with Crippen molar-refractivity contribution in [2.75, 3.05) is 32.7 Å². The van der Waals surface area contributed by atoms with Crippen LogP contribution in [0.25, 0.3) is 0 Å². The summed E-state index contributed by atoms with van der Waals surface area (Å²) in [5.74, 6) is 0. The number of carbonyl (C=O) groups is 1. The number of carbonyl (C=O) groups excluding carboxylic acids is 1. The molecule has 2 aliphatic heterocycles. The fourth-order valence-electron chi connectivity index (χ4n) is 3.12. The van der Waals surface area contributed by atoms with E-state index in [9.17, 15) is 13.6 Å². The Morgan fingerprint density at radius 3 is 2.36 bits per heavy atom. The van der Waals surface area contributed by atoms with Gasteiger partial charge in [0, 0.05) is 32.2 Å². The lowest BCUT2D eigenvalue weighted by Crippen LogP contribution is -2.50. The molecule has 2 fully saturated rings. The second-order valence-corrected chi connectivity index (χ2v) is 6.27. The zero-order valence-corrected chi connectivity index (χ0v) is 13.4. The van der Waals surface area contributed by atoms with E-state index in [1.54, 1.807) is 4.90 Å². The summed E-state index contributed by atoms with van der Waals surface area (Å²) in [6, 6.07) is 0.130. The zero-order valence-electron chi connectivity index (χ0n) is 13.4. The molecule has 22 heavy (non-hydrogen) atoms. The van der Waals surface area contributed by atoms with Crippen LogP contribution in [0.2, 0.25) is 0 Å². The number of amides is 2. The molecule has 0 aromatic heterocycles. The molecule has 0 saturated carbocycles. The average molecular weight is 315 g/mol. The summed E-state index contributed by atoms with van der Waals surface area (Å²) in [4.78, 5) is 16.3. The second-order valence-electron chi connectivity index (χ2n) is 6.27. The number of piperidine rings is 2. The van der Waals surface area contributed by atoms with E-state index in [4.69, 9.17) is 0 Å². The van der Waals surface area contributed by atoms with Gasteiger partial charge >= 0.3 is 6.03 Å². The summed E-state index contributed by atoms with van der Waals surface area (Å²) in [5, 5.41) is 3.07. The summed E-state index contributed by atoms with van der Waals surface area (Å²) >= 11 is 0. The SMILES string of the molecule is CCCCN1CCC(NC(=O)N2CCC(=C(F)F)CC2)CC1. The van der Waals surface area contributed by atoms with Crippen LogP contribution in [0.15, 0.2) is 11.7 Å². The number of nitrogens with one attached hydrogen (secondary N) is 1. The highest BCUT2D eigenvalue weighted by molar-refractivity contribution is 5.74. The largest absolute Gasteiger partial charge is 0.335 e. The number of halogens is 2. The third kappa shape index (κ3) is 4.93. The van der Waals surface area contributed by atoms with Gasteiger partial charge in [-0.1, -0.05) is 13.3 Å². The maximum Gasteiger partial charge on any atom is 0.317 e. The summed E-state index contributed by atoms with van der Waals surface area (Å²) in [6.07, 6.45) is 3.42. The summed E-state index contributed by atoms with van der Waals surface area (Å²) in [5.41, 5.74) is 0.202. The smallest absolute Gasteiger partial charge is 0.317 e. The van der Waals surface area contributed by atoms with Gasteiger partial charge in [-0.15, -0.1) is 0 Å². The van der Waals surface area contributed by atoms with E-state index in [1.807, 2.05) is 0 Å². The van der Waals surface area contributed by atoms with E-state index in [0.29, 0.717) is 25.9 Å². The number of hydrogen-bond donors (Lipinski definition) is 1. The third-order valence-electron chi connectivity index (χ3n) is 4.66. The fourth-order valence-corrected chi connectivity index (χ4v) is 3.12. The van der Waals surface area contributed by atoms with Gasteiger partial charge in [0.1, 0.15) is 0 Å². The number of urea groups is 1. The van der Waals surface area contributed by atoms with Crippen LogP contribution in [0.5, 0.6) is 0 Å². The first kappa shape index (κ1) is 17.2. The Kier molecular flexibility index (Phi) is 6.61. The normalized spacial score (nSPS) is 21.0. The van der Waals surface area contributed by atoms with Crippen LogP contribution < -0.4 is 5.32 Å². The summed E-state index contributed by atoms with van der Waals surface area (Å²) in [7, 11) is 0. The molecule has 2 rings (SSSR count). The van der Waals surface area contributed by atoms with Crippen LogP contribution in [0.1, 0.15) is 45.4 Å². The van der Waals surface area contributed by atoms with Gasteiger partial charge in [0.05, 0.1) is 0 Å². The minimum Gasteiger partial charge on any atom is -0.335 e. The predicted octanol–water partition coefficient (Wildman–Crippen LogP) is 3.21. The quantitative estimate of drug-likeness (QED) is 0.865. The Morgan fingerprint density at radius 1 is 1.18 bits per heavy atom. The minimum absolute atomic E-state index is 0.0923. The van der Waals surface area contributed by atoms with Gasteiger partial charge in [-0.25, -0.2) is 4.79 Å². The van der Waals surface area contributed by atoms with E-state index in [1.165, 1.54) is 12.8 Å². The van der Waals surface area contributed by atoms with Crippen molar-refractivity contribution in [2.45, 2.75) is 51.5 Å². The van der Waals surface area contributed by atoms with E-state index in [-0.39, 0.29) is 17.6 Å². The van der Waals surface area contributed by atoms with Crippen molar-refractivity contribution in [3.8, 4) is 0 Å². The number of hydrogen-bond acceptors (Lipinski definition) is 2. The summed E-state index contributed by atoms with van der Waals surface area (Å²) < 4.78 is 25.0. The first-order chi connectivity index (χ1) is 10.6. The molecule has 2 heterocycles. The predicted molar refractivity (Wildman–Crippen MR) is 83.0 cm³/mol. The Labute approximate surface area is 131 Å². The molecular formula is C16H27F2N3O. The van der Waals surface area contributed by atoms with Crippen LogP contribution in [0.4, 0.5) is 13.6 Å². The molecule has 2 aliphatic rings. The maximum absolute atomic E-state index is 12.5. The van der Waals surface area contributed by atoms with Gasteiger partial charge in [0.15, 0.2) is 0 Å². The molecule has 0 spiro atoms. The molecule has 0 atom stereocenters. The third-order valence-corrected chi connectivity index (χ3v) is 4.66. The van der Waals surface area contributed by atoms with Gasteiger partial charge in [-0.3, -0.25) is 0 Å². The standard InChI is InChI=1S/C16H27F2N3O/c1-2-3-8-20-9-6-14(7-10-20)19-16(22)21-11-4-13(5-12-21)15(17)18/h14H,2-12H2,1H3,(H,19,22). The van der Waals surface area contributed by atoms with Gasteiger partial charge in [-0.05, 0) is 44.2 Å². The van der Waals surface area contributed by atoms with Crippen molar-refractivity contribution in [1.29, 1.82) is 0 Å². The Bertz CT molecular complexity index is 392. The molecule has 6 heteroatoms. The Morgan fingerprint density at radius 2 is 1.82 bits per heavy atom. The molecule has 0 aromatic carbocycles. The lowest BCUT2D eigenvalue weighted by Gasteiger charge is -2.34. The lowest BCUT2D eigenvalue weighted by molar-refractivity contribution is 0.168. The number of rotatable bonds is 4. The van der Waals surface area contributed by atoms with Crippen LogP contribution in [0.3, 0.4) is 0 Å².